The molecule has 8 heteroatoms. The summed E-state index contributed by atoms with van der Waals surface area (Å²) in [7, 11) is 0. The summed E-state index contributed by atoms with van der Waals surface area (Å²) < 4.78 is 5.77. The molecule has 0 fully saturated rings. The zero-order valence-electron chi connectivity index (χ0n) is 16.2. The average molecular weight is 420 g/mol. The zero-order chi connectivity index (χ0) is 20.1. The first-order valence-electron chi connectivity index (χ1n) is 9.22. The molecule has 3 rings (SSSR count). The maximum absolute atomic E-state index is 12.6. The van der Waals surface area contributed by atoms with Gasteiger partial charge in [0.05, 0.1) is 22.1 Å². The van der Waals surface area contributed by atoms with Crippen LogP contribution >= 0.6 is 22.9 Å². The molecule has 0 saturated carbocycles. The standard InChI is InChI=1S/C20H23ClN4O2S/c1-4-7-25(12-18-23-24-20(27-18)16-6-5-8-28-16)11-17(26)22-19-14(3)9-13(2)10-15(19)21/h5-6,8-10H,4,7,11-12H2,1-3H3,(H,22,26)/p+1. The van der Waals surface area contributed by atoms with Crippen molar-refractivity contribution in [2.45, 2.75) is 33.7 Å². The van der Waals surface area contributed by atoms with E-state index in [9.17, 15) is 4.79 Å². The van der Waals surface area contributed by atoms with E-state index < -0.39 is 0 Å². The molecule has 0 aliphatic carbocycles. The van der Waals surface area contributed by atoms with Crippen molar-refractivity contribution in [3.8, 4) is 10.8 Å². The quantitative estimate of drug-likeness (QED) is 0.586. The van der Waals surface area contributed by atoms with Crippen LogP contribution in [0.5, 0.6) is 0 Å². The highest BCUT2D eigenvalue weighted by Crippen LogP contribution is 2.27. The number of carbonyl (C=O) groups excluding carboxylic acids is 1. The summed E-state index contributed by atoms with van der Waals surface area (Å²) in [6.07, 6.45) is 0.943. The van der Waals surface area contributed by atoms with Crippen LogP contribution in [0.2, 0.25) is 5.02 Å². The Morgan fingerprint density at radius 2 is 2.14 bits per heavy atom. The molecule has 1 atom stereocenters. The summed E-state index contributed by atoms with van der Waals surface area (Å²) in [4.78, 5) is 14.6. The van der Waals surface area contributed by atoms with Gasteiger partial charge in [0, 0.05) is 0 Å². The van der Waals surface area contributed by atoms with E-state index in [0.29, 0.717) is 35.6 Å². The summed E-state index contributed by atoms with van der Waals surface area (Å²) in [5.41, 5.74) is 2.69. The molecule has 2 aromatic heterocycles. The number of quaternary nitrogens is 1. The lowest BCUT2D eigenvalue weighted by Crippen LogP contribution is -3.11. The molecule has 0 aliphatic rings. The van der Waals surface area contributed by atoms with Gasteiger partial charge in [0.15, 0.2) is 13.1 Å². The Hall–Kier alpha value is -2.22. The number of rotatable bonds is 8. The van der Waals surface area contributed by atoms with E-state index >= 15 is 0 Å². The van der Waals surface area contributed by atoms with Gasteiger partial charge in [-0.15, -0.1) is 21.5 Å². The maximum Gasteiger partial charge on any atom is 0.279 e. The second kappa shape index (κ2) is 9.32. The molecule has 2 heterocycles. The van der Waals surface area contributed by atoms with Gasteiger partial charge in [-0.1, -0.05) is 30.7 Å². The number of thiophene rings is 1. The van der Waals surface area contributed by atoms with Gasteiger partial charge in [-0.3, -0.25) is 4.79 Å². The van der Waals surface area contributed by atoms with E-state index in [4.69, 9.17) is 16.0 Å². The van der Waals surface area contributed by atoms with E-state index in [1.54, 1.807) is 11.3 Å². The molecule has 0 radical (unpaired) electrons. The van der Waals surface area contributed by atoms with Gasteiger partial charge in [0.2, 0.25) is 0 Å². The van der Waals surface area contributed by atoms with Gasteiger partial charge in [-0.25, -0.2) is 0 Å². The topological polar surface area (TPSA) is 72.5 Å². The minimum absolute atomic E-state index is 0.0877. The van der Waals surface area contributed by atoms with E-state index in [1.807, 2.05) is 43.5 Å². The van der Waals surface area contributed by atoms with Crippen molar-refractivity contribution >= 4 is 34.5 Å². The monoisotopic (exact) mass is 419 g/mol. The summed E-state index contributed by atoms with van der Waals surface area (Å²) in [5.74, 6) is 0.965. The maximum atomic E-state index is 12.6. The molecular weight excluding hydrogens is 396 g/mol. The van der Waals surface area contributed by atoms with Crippen molar-refractivity contribution in [1.82, 2.24) is 10.2 Å². The minimum Gasteiger partial charge on any atom is -0.414 e. The Labute approximate surface area is 173 Å². The van der Waals surface area contributed by atoms with Crippen LogP contribution in [0.1, 0.15) is 30.4 Å². The molecular formula is C20H24ClN4O2S+. The van der Waals surface area contributed by atoms with Crippen molar-refractivity contribution in [2.24, 2.45) is 0 Å². The summed E-state index contributed by atoms with van der Waals surface area (Å²) >= 11 is 7.86. The number of benzene rings is 1. The molecule has 1 unspecified atom stereocenters. The fourth-order valence-corrected chi connectivity index (χ4v) is 4.13. The van der Waals surface area contributed by atoms with Crippen molar-refractivity contribution in [1.29, 1.82) is 0 Å². The Balaban J connectivity index is 1.65. The number of nitrogens with zero attached hydrogens (tertiary/aromatic N) is 2. The lowest BCUT2D eigenvalue weighted by atomic mass is 10.1. The largest absolute Gasteiger partial charge is 0.414 e. The Bertz CT molecular complexity index is 917. The van der Waals surface area contributed by atoms with Gasteiger partial charge in [0.1, 0.15) is 0 Å². The molecule has 0 saturated heterocycles. The summed E-state index contributed by atoms with van der Waals surface area (Å²) in [5, 5.41) is 13.7. The van der Waals surface area contributed by atoms with Gasteiger partial charge in [-0.05, 0) is 48.9 Å². The first kappa shape index (κ1) is 20.5. The lowest BCUT2D eigenvalue weighted by Gasteiger charge is -2.17. The number of anilines is 1. The number of hydrogen-bond acceptors (Lipinski definition) is 5. The second-order valence-electron chi connectivity index (χ2n) is 6.82. The normalized spacial score (nSPS) is 12.1. The molecule has 2 N–H and O–H groups in total. The van der Waals surface area contributed by atoms with Crippen LogP contribution < -0.4 is 10.2 Å². The van der Waals surface area contributed by atoms with E-state index in [-0.39, 0.29) is 5.91 Å². The van der Waals surface area contributed by atoms with E-state index in [0.717, 1.165) is 33.9 Å². The number of aromatic nitrogens is 2. The van der Waals surface area contributed by atoms with Crippen LogP contribution in [0.25, 0.3) is 10.8 Å². The predicted octanol–water partition coefficient (Wildman–Crippen LogP) is 3.50. The first-order valence-corrected chi connectivity index (χ1v) is 10.5. The van der Waals surface area contributed by atoms with Gasteiger partial charge < -0.3 is 14.6 Å². The van der Waals surface area contributed by atoms with E-state index in [2.05, 4.69) is 22.4 Å². The smallest absolute Gasteiger partial charge is 0.279 e. The van der Waals surface area contributed by atoms with Crippen molar-refractivity contribution in [3.63, 3.8) is 0 Å². The number of carbonyl (C=O) groups is 1. The van der Waals surface area contributed by atoms with Crippen molar-refractivity contribution in [3.05, 3.63) is 51.7 Å². The SMILES string of the molecule is CCC[NH+](CC(=O)Nc1c(C)cc(C)cc1Cl)Cc1nnc(-c2cccs2)o1. The van der Waals surface area contributed by atoms with Crippen LogP contribution in [-0.4, -0.2) is 29.2 Å². The molecule has 1 aromatic carbocycles. The average Bonchev–Trinajstić information content (AvgIpc) is 3.29. The van der Waals surface area contributed by atoms with Gasteiger partial charge in [-0.2, -0.15) is 0 Å². The number of nitrogens with one attached hydrogen (secondary N) is 2. The highest BCUT2D eigenvalue weighted by molar-refractivity contribution is 7.13. The van der Waals surface area contributed by atoms with E-state index in [1.165, 1.54) is 0 Å². The third-order valence-electron chi connectivity index (χ3n) is 4.31. The van der Waals surface area contributed by atoms with Gasteiger partial charge >= 0.3 is 0 Å². The molecule has 28 heavy (non-hydrogen) atoms. The highest BCUT2D eigenvalue weighted by atomic mass is 35.5. The van der Waals surface area contributed by atoms with Crippen LogP contribution in [0, 0.1) is 13.8 Å². The van der Waals surface area contributed by atoms with Crippen LogP contribution in [0.15, 0.2) is 34.1 Å². The van der Waals surface area contributed by atoms with Crippen molar-refractivity contribution < 1.29 is 14.1 Å². The zero-order valence-corrected chi connectivity index (χ0v) is 17.8. The Kier molecular flexibility index (Phi) is 6.83. The molecule has 148 valence electrons. The third-order valence-corrected chi connectivity index (χ3v) is 5.47. The third kappa shape index (κ3) is 5.19. The number of hydrogen-bond donors (Lipinski definition) is 2. The predicted molar refractivity (Wildman–Crippen MR) is 112 cm³/mol. The van der Waals surface area contributed by atoms with Gasteiger partial charge in [0.25, 0.3) is 17.7 Å². The number of amides is 1. The fourth-order valence-electron chi connectivity index (χ4n) is 3.12. The molecule has 1 amide bonds. The van der Waals surface area contributed by atoms with Crippen LogP contribution in [-0.2, 0) is 11.3 Å². The number of aryl methyl sites for hydroxylation is 2. The Morgan fingerprint density at radius 3 is 2.82 bits per heavy atom. The molecule has 6 nitrogen and oxygen atoms in total. The van der Waals surface area contributed by atoms with Crippen LogP contribution in [0.3, 0.4) is 0 Å². The van der Waals surface area contributed by atoms with Crippen LogP contribution in [0.4, 0.5) is 5.69 Å². The fraction of sp³-hybridized carbons (Fsp3) is 0.350. The second-order valence-corrected chi connectivity index (χ2v) is 8.17. The first-order chi connectivity index (χ1) is 13.5. The summed E-state index contributed by atoms with van der Waals surface area (Å²) in [6.45, 7) is 7.63. The minimum atomic E-state index is -0.0877. The van der Waals surface area contributed by atoms with Crippen molar-refractivity contribution in [2.75, 3.05) is 18.4 Å². The molecule has 0 aliphatic heterocycles. The highest BCUT2D eigenvalue weighted by Gasteiger charge is 2.20. The Morgan fingerprint density at radius 1 is 1.32 bits per heavy atom. The number of halogens is 1. The summed E-state index contributed by atoms with van der Waals surface area (Å²) in [6, 6.07) is 7.74. The molecule has 0 bridgehead atoms. The molecule has 3 aromatic rings. The lowest BCUT2D eigenvalue weighted by molar-refractivity contribution is -0.907. The molecule has 0 spiro atoms.